The summed E-state index contributed by atoms with van der Waals surface area (Å²) in [6, 6.07) is 12.4. The van der Waals surface area contributed by atoms with Gasteiger partial charge in [0, 0.05) is 34.2 Å². The van der Waals surface area contributed by atoms with Crippen molar-refractivity contribution in [1.29, 1.82) is 0 Å². The minimum Gasteiger partial charge on any atom is -0.482 e. The van der Waals surface area contributed by atoms with Crippen LogP contribution in [0.15, 0.2) is 48.8 Å². The number of aryl methyl sites for hydroxylation is 2. The summed E-state index contributed by atoms with van der Waals surface area (Å²) in [4.78, 5) is 20.7. The van der Waals surface area contributed by atoms with Crippen LogP contribution in [0.2, 0.25) is 10.0 Å². The van der Waals surface area contributed by atoms with Crippen molar-refractivity contribution in [2.75, 3.05) is 17.2 Å². The Morgan fingerprint density at radius 1 is 1.10 bits per heavy atom. The van der Waals surface area contributed by atoms with Gasteiger partial charge in [-0.1, -0.05) is 36.2 Å². The average Bonchev–Trinajstić information content (AvgIpc) is 2.69. The van der Waals surface area contributed by atoms with E-state index in [1.165, 1.54) is 6.33 Å². The van der Waals surface area contributed by atoms with Crippen LogP contribution in [0.25, 0.3) is 0 Å². The quantitative estimate of drug-likeness (QED) is 0.523. The molecule has 0 saturated heterocycles. The highest BCUT2D eigenvalue weighted by molar-refractivity contribution is 6.34. The first-order chi connectivity index (χ1) is 13.9. The highest BCUT2D eigenvalue weighted by Crippen LogP contribution is 2.28. The Bertz CT molecular complexity index is 1030. The molecule has 0 spiro atoms. The Kier molecular flexibility index (Phi) is 6.90. The third-order valence-corrected chi connectivity index (χ3v) is 4.64. The van der Waals surface area contributed by atoms with E-state index in [1.54, 1.807) is 18.2 Å². The molecule has 29 heavy (non-hydrogen) atoms. The number of carbonyl (C=O) groups excluding carboxylic acids is 1. The molecule has 1 aromatic heterocycles. The Morgan fingerprint density at radius 3 is 2.69 bits per heavy atom. The van der Waals surface area contributed by atoms with Crippen molar-refractivity contribution < 1.29 is 9.53 Å². The maximum atomic E-state index is 12.4. The first-order valence-electron chi connectivity index (χ1n) is 9.01. The van der Waals surface area contributed by atoms with Crippen molar-refractivity contribution in [3.8, 4) is 5.75 Å². The van der Waals surface area contributed by atoms with E-state index in [2.05, 4.69) is 20.6 Å². The molecular formula is C21H20Cl2N4O2. The summed E-state index contributed by atoms with van der Waals surface area (Å²) in [7, 11) is 0. The number of carbonyl (C=O) groups is 1. The molecule has 0 unspecified atom stereocenters. The lowest BCUT2D eigenvalue weighted by molar-refractivity contribution is -0.118. The van der Waals surface area contributed by atoms with E-state index < -0.39 is 0 Å². The molecule has 0 aliphatic rings. The molecule has 2 aromatic carbocycles. The second kappa shape index (κ2) is 9.58. The van der Waals surface area contributed by atoms with E-state index in [1.807, 2.05) is 38.1 Å². The van der Waals surface area contributed by atoms with Gasteiger partial charge in [0.2, 0.25) is 0 Å². The first-order valence-corrected chi connectivity index (χ1v) is 9.76. The third kappa shape index (κ3) is 5.82. The van der Waals surface area contributed by atoms with Crippen molar-refractivity contribution >= 4 is 46.3 Å². The van der Waals surface area contributed by atoms with Gasteiger partial charge in [0.05, 0.1) is 5.02 Å². The zero-order chi connectivity index (χ0) is 20.8. The highest BCUT2D eigenvalue weighted by Gasteiger charge is 2.10. The molecule has 1 amide bonds. The number of benzene rings is 2. The van der Waals surface area contributed by atoms with Crippen LogP contribution in [0.3, 0.4) is 0 Å². The highest BCUT2D eigenvalue weighted by atomic mass is 35.5. The van der Waals surface area contributed by atoms with Crippen LogP contribution in [0.5, 0.6) is 5.75 Å². The predicted octanol–water partition coefficient (Wildman–Crippen LogP) is 5.42. The number of amides is 1. The molecule has 8 heteroatoms. The molecule has 2 N–H and O–H groups in total. The number of rotatable bonds is 7. The minimum absolute atomic E-state index is 0.189. The number of nitrogens with one attached hydrogen (secondary N) is 2. The van der Waals surface area contributed by atoms with Gasteiger partial charge in [0.15, 0.2) is 6.61 Å². The lowest BCUT2D eigenvalue weighted by Crippen LogP contribution is -2.21. The first kappa shape index (κ1) is 20.9. The van der Waals surface area contributed by atoms with Crippen molar-refractivity contribution in [2.24, 2.45) is 0 Å². The van der Waals surface area contributed by atoms with Crippen molar-refractivity contribution in [1.82, 2.24) is 9.97 Å². The Morgan fingerprint density at radius 2 is 1.93 bits per heavy atom. The molecule has 0 fully saturated rings. The summed E-state index contributed by atoms with van der Waals surface area (Å²) < 4.78 is 5.50. The van der Waals surface area contributed by atoms with Gasteiger partial charge in [-0.3, -0.25) is 4.79 Å². The number of halogens is 2. The molecule has 0 aliphatic carbocycles. The van der Waals surface area contributed by atoms with E-state index in [0.717, 1.165) is 23.4 Å². The van der Waals surface area contributed by atoms with Crippen LogP contribution in [-0.2, 0) is 11.2 Å². The summed E-state index contributed by atoms with van der Waals surface area (Å²) in [6.45, 7) is 3.73. The fourth-order valence-electron chi connectivity index (χ4n) is 2.67. The second-order valence-corrected chi connectivity index (χ2v) is 7.15. The molecule has 0 radical (unpaired) electrons. The summed E-state index contributed by atoms with van der Waals surface area (Å²) in [5.41, 5.74) is 3.37. The van der Waals surface area contributed by atoms with Crippen LogP contribution >= 0.6 is 23.2 Å². The van der Waals surface area contributed by atoms with Gasteiger partial charge >= 0.3 is 0 Å². The molecule has 0 saturated carbocycles. The molecule has 3 aromatic rings. The number of nitrogens with zero attached hydrogens (tertiary/aromatic N) is 2. The molecule has 1 heterocycles. The Hall–Kier alpha value is -2.83. The smallest absolute Gasteiger partial charge is 0.262 e. The van der Waals surface area contributed by atoms with Crippen LogP contribution < -0.4 is 15.4 Å². The molecule has 0 atom stereocenters. The minimum atomic E-state index is -0.300. The van der Waals surface area contributed by atoms with Gasteiger partial charge in [0.1, 0.15) is 17.9 Å². The summed E-state index contributed by atoms with van der Waals surface area (Å²) >= 11 is 12.0. The largest absolute Gasteiger partial charge is 0.482 e. The normalized spacial score (nSPS) is 10.5. The van der Waals surface area contributed by atoms with Gasteiger partial charge < -0.3 is 15.4 Å². The molecule has 6 nitrogen and oxygen atoms in total. The van der Waals surface area contributed by atoms with Crippen LogP contribution in [-0.4, -0.2) is 22.5 Å². The number of hydrogen-bond acceptors (Lipinski definition) is 5. The SMILES string of the molecule is CCc1ccc(Nc2cc(C)ncn2)cc1NC(=O)COc1cc(Cl)ccc1Cl. The standard InChI is InChI=1S/C21H20Cl2N4O2/c1-3-14-4-6-16(26-20-8-13(2)24-12-25-20)10-18(14)27-21(28)11-29-19-9-15(22)5-7-17(19)23/h4-10,12H,3,11H2,1-2H3,(H,27,28)(H,24,25,26). The zero-order valence-corrected chi connectivity index (χ0v) is 17.5. The number of aromatic nitrogens is 2. The van der Waals surface area contributed by atoms with E-state index >= 15 is 0 Å². The van der Waals surface area contributed by atoms with Crippen LogP contribution in [0.1, 0.15) is 18.2 Å². The van der Waals surface area contributed by atoms with Crippen molar-refractivity contribution in [3.05, 3.63) is 70.1 Å². The van der Waals surface area contributed by atoms with Gasteiger partial charge in [-0.05, 0) is 43.2 Å². The summed E-state index contributed by atoms with van der Waals surface area (Å²) in [5, 5.41) is 6.98. The molecule has 0 aliphatic heterocycles. The maximum absolute atomic E-state index is 12.4. The molecular weight excluding hydrogens is 411 g/mol. The molecule has 150 valence electrons. The number of hydrogen-bond donors (Lipinski definition) is 2. The summed E-state index contributed by atoms with van der Waals surface area (Å²) in [5.74, 6) is 0.739. The van der Waals surface area contributed by atoms with Gasteiger partial charge in [0.25, 0.3) is 5.91 Å². The van der Waals surface area contributed by atoms with Gasteiger partial charge in [-0.25, -0.2) is 9.97 Å². The fourth-order valence-corrected chi connectivity index (χ4v) is 3.00. The fraction of sp³-hybridized carbons (Fsp3) is 0.190. The van der Waals surface area contributed by atoms with Gasteiger partial charge in [-0.15, -0.1) is 0 Å². The van der Waals surface area contributed by atoms with Crippen LogP contribution in [0.4, 0.5) is 17.2 Å². The van der Waals surface area contributed by atoms with E-state index in [4.69, 9.17) is 27.9 Å². The van der Waals surface area contributed by atoms with Gasteiger partial charge in [-0.2, -0.15) is 0 Å². The van der Waals surface area contributed by atoms with Crippen molar-refractivity contribution in [2.45, 2.75) is 20.3 Å². The molecule has 0 bridgehead atoms. The maximum Gasteiger partial charge on any atom is 0.262 e. The van der Waals surface area contributed by atoms with E-state index in [-0.39, 0.29) is 12.5 Å². The Labute approximate surface area is 179 Å². The topological polar surface area (TPSA) is 76.1 Å². The Balaban J connectivity index is 1.69. The van der Waals surface area contributed by atoms with Crippen LogP contribution in [0, 0.1) is 6.92 Å². The molecule has 3 rings (SSSR count). The average molecular weight is 431 g/mol. The predicted molar refractivity (Wildman–Crippen MR) is 116 cm³/mol. The summed E-state index contributed by atoms with van der Waals surface area (Å²) in [6.07, 6.45) is 2.27. The van der Waals surface area contributed by atoms with Crippen molar-refractivity contribution in [3.63, 3.8) is 0 Å². The lowest BCUT2D eigenvalue weighted by atomic mass is 10.1. The third-order valence-electron chi connectivity index (χ3n) is 4.09. The lowest BCUT2D eigenvalue weighted by Gasteiger charge is -2.14. The number of ether oxygens (including phenoxy) is 1. The monoisotopic (exact) mass is 430 g/mol. The zero-order valence-electron chi connectivity index (χ0n) is 16.0. The number of anilines is 3. The second-order valence-electron chi connectivity index (χ2n) is 6.31. The van der Waals surface area contributed by atoms with E-state index in [9.17, 15) is 4.79 Å². The van der Waals surface area contributed by atoms with E-state index in [0.29, 0.717) is 27.3 Å².